The van der Waals surface area contributed by atoms with Gasteiger partial charge in [0.25, 0.3) is 0 Å². The highest BCUT2D eigenvalue weighted by molar-refractivity contribution is 8.13. The molecule has 0 spiro atoms. The second-order valence-electron chi connectivity index (χ2n) is 5.97. The molecule has 0 aliphatic carbocycles. The second-order valence-corrected chi connectivity index (χ2v) is 7.04. The molecule has 1 aromatic rings. The summed E-state index contributed by atoms with van der Waals surface area (Å²) in [7, 11) is 0. The van der Waals surface area contributed by atoms with Crippen LogP contribution in [0.15, 0.2) is 29.2 Å². The average Bonchev–Trinajstić information content (AvgIpc) is 2.38. The average molecular weight is 326 g/mol. The fourth-order valence-electron chi connectivity index (χ4n) is 1.46. The standard InChI is InChI=1S/C16H22O5S/c1-10-6-8-12(9-7-10)22-14(18)13(17)11(2)20-15(19)21-16(3,4)5/h6-9,11,13,17H,1-5H3/t11-,13?/m0/s1. The van der Waals surface area contributed by atoms with Crippen LogP contribution in [0.3, 0.4) is 0 Å². The number of ether oxygens (including phenoxy) is 2. The van der Waals surface area contributed by atoms with Crippen molar-refractivity contribution in [3.63, 3.8) is 0 Å². The van der Waals surface area contributed by atoms with Crippen LogP contribution in [-0.2, 0) is 14.3 Å². The van der Waals surface area contributed by atoms with Gasteiger partial charge in [0.05, 0.1) is 0 Å². The summed E-state index contributed by atoms with van der Waals surface area (Å²) in [6, 6.07) is 7.35. The molecular weight excluding hydrogens is 304 g/mol. The maximum atomic E-state index is 12.0. The van der Waals surface area contributed by atoms with E-state index in [2.05, 4.69) is 0 Å². The largest absolute Gasteiger partial charge is 0.509 e. The number of benzene rings is 1. The van der Waals surface area contributed by atoms with Gasteiger partial charge in [-0.05, 0) is 58.5 Å². The van der Waals surface area contributed by atoms with Gasteiger partial charge in [0, 0.05) is 4.90 Å². The normalized spacial score (nSPS) is 14.1. The van der Waals surface area contributed by atoms with Gasteiger partial charge in [0.2, 0.25) is 5.12 Å². The number of rotatable bonds is 4. The zero-order chi connectivity index (χ0) is 16.9. The van der Waals surface area contributed by atoms with Gasteiger partial charge in [-0.15, -0.1) is 0 Å². The van der Waals surface area contributed by atoms with Gasteiger partial charge in [-0.1, -0.05) is 17.7 Å². The highest BCUT2D eigenvalue weighted by atomic mass is 32.2. The number of hydrogen-bond donors (Lipinski definition) is 1. The van der Waals surface area contributed by atoms with Crippen LogP contribution in [0.25, 0.3) is 0 Å². The Morgan fingerprint density at radius 2 is 1.73 bits per heavy atom. The first-order chi connectivity index (χ1) is 10.1. The number of aliphatic hydroxyl groups excluding tert-OH is 1. The highest BCUT2D eigenvalue weighted by Gasteiger charge is 2.28. The van der Waals surface area contributed by atoms with Crippen molar-refractivity contribution < 1.29 is 24.2 Å². The van der Waals surface area contributed by atoms with Gasteiger partial charge in [-0.25, -0.2) is 4.79 Å². The third-order valence-corrected chi connectivity index (χ3v) is 3.55. The lowest BCUT2D eigenvalue weighted by Gasteiger charge is -2.22. The van der Waals surface area contributed by atoms with Crippen molar-refractivity contribution in [1.29, 1.82) is 0 Å². The predicted octanol–water partition coefficient (Wildman–Crippen LogP) is 3.31. The molecule has 5 nitrogen and oxygen atoms in total. The molecule has 0 aliphatic rings. The lowest BCUT2D eigenvalue weighted by molar-refractivity contribution is -0.124. The Balaban J connectivity index is 2.54. The summed E-state index contributed by atoms with van der Waals surface area (Å²) < 4.78 is 9.90. The van der Waals surface area contributed by atoms with Crippen molar-refractivity contribution in [3.05, 3.63) is 29.8 Å². The van der Waals surface area contributed by atoms with Crippen LogP contribution >= 0.6 is 11.8 Å². The van der Waals surface area contributed by atoms with Crippen molar-refractivity contribution in [2.45, 2.75) is 57.3 Å². The second kappa shape index (κ2) is 7.65. The molecule has 22 heavy (non-hydrogen) atoms. The van der Waals surface area contributed by atoms with Crippen molar-refractivity contribution in [2.75, 3.05) is 0 Å². The molecule has 0 bridgehead atoms. The minimum Gasteiger partial charge on any atom is -0.429 e. The molecule has 0 fully saturated rings. The van der Waals surface area contributed by atoms with E-state index < -0.39 is 29.1 Å². The monoisotopic (exact) mass is 326 g/mol. The molecule has 0 amide bonds. The summed E-state index contributed by atoms with van der Waals surface area (Å²) >= 11 is 0.908. The quantitative estimate of drug-likeness (QED) is 0.676. The van der Waals surface area contributed by atoms with E-state index in [0.29, 0.717) is 0 Å². The summed E-state index contributed by atoms with van der Waals surface area (Å²) in [5.41, 5.74) is 0.390. The van der Waals surface area contributed by atoms with Crippen LogP contribution < -0.4 is 0 Å². The van der Waals surface area contributed by atoms with Gasteiger partial charge in [0.1, 0.15) is 11.7 Å². The molecule has 122 valence electrons. The van der Waals surface area contributed by atoms with Gasteiger partial charge >= 0.3 is 6.16 Å². The van der Waals surface area contributed by atoms with Crippen LogP contribution in [0, 0.1) is 6.92 Å². The predicted molar refractivity (Wildman–Crippen MR) is 84.8 cm³/mol. The Labute approximate surface area is 135 Å². The molecule has 1 rings (SSSR count). The maximum absolute atomic E-state index is 12.0. The van der Waals surface area contributed by atoms with E-state index in [0.717, 1.165) is 22.2 Å². The molecule has 6 heteroatoms. The van der Waals surface area contributed by atoms with E-state index in [9.17, 15) is 14.7 Å². The van der Waals surface area contributed by atoms with Crippen LogP contribution in [0.1, 0.15) is 33.3 Å². The van der Waals surface area contributed by atoms with E-state index in [1.165, 1.54) is 6.92 Å². The fourth-order valence-corrected chi connectivity index (χ4v) is 2.28. The Bertz CT molecular complexity index is 518. The van der Waals surface area contributed by atoms with E-state index in [-0.39, 0.29) is 0 Å². The van der Waals surface area contributed by atoms with Gasteiger partial charge in [-0.2, -0.15) is 0 Å². The van der Waals surface area contributed by atoms with Crippen LogP contribution in [0.4, 0.5) is 4.79 Å². The Hall–Kier alpha value is -1.53. The molecule has 1 aromatic carbocycles. The van der Waals surface area contributed by atoms with E-state index >= 15 is 0 Å². The molecule has 0 aliphatic heterocycles. The van der Waals surface area contributed by atoms with E-state index in [4.69, 9.17) is 9.47 Å². The zero-order valence-corrected chi connectivity index (χ0v) is 14.3. The highest BCUT2D eigenvalue weighted by Crippen LogP contribution is 2.22. The first kappa shape index (κ1) is 18.5. The van der Waals surface area contributed by atoms with Gasteiger partial charge < -0.3 is 14.6 Å². The van der Waals surface area contributed by atoms with Crippen molar-refractivity contribution in [3.8, 4) is 0 Å². The first-order valence-corrected chi connectivity index (χ1v) is 7.76. The third-order valence-electron chi connectivity index (χ3n) is 2.60. The minimum absolute atomic E-state index is 0.486. The molecule has 0 saturated heterocycles. The van der Waals surface area contributed by atoms with E-state index in [1.54, 1.807) is 32.9 Å². The van der Waals surface area contributed by atoms with Crippen molar-refractivity contribution in [1.82, 2.24) is 0 Å². The Morgan fingerprint density at radius 1 is 1.18 bits per heavy atom. The molecule has 2 atom stereocenters. The molecule has 0 saturated carbocycles. The molecule has 0 aromatic heterocycles. The molecule has 0 radical (unpaired) electrons. The minimum atomic E-state index is -1.42. The molecule has 1 N–H and O–H groups in total. The molecule has 0 heterocycles. The number of aliphatic hydroxyl groups is 1. The van der Waals surface area contributed by atoms with Gasteiger partial charge in [0.15, 0.2) is 6.10 Å². The lowest BCUT2D eigenvalue weighted by atomic mass is 10.2. The number of aryl methyl sites for hydroxylation is 1. The lowest BCUT2D eigenvalue weighted by Crippen LogP contribution is -2.36. The number of carbonyl (C=O) groups excluding carboxylic acids is 2. The zero-order valence-electron chi connectivity index (χ0n) is 13.5. The van der Waals surface area contributed by atoms with Crippen molar-refractivity contribution >= 4 is 23.0 Å². The molecule has 1 unspecified atom stereocenters. The smallest absolute Gasteiger partial charge is 0.429 e. The summed E-state index contributed by atoms with van der Waals surface area (Å²) in [6.07, 6.45) is -3.31. The summed E-state index contributed by atoms with van der Waals surface area (Å²) in [4.78, 5) is 24.2. The van der Waals surface area contributed by atoms with Gasteiger partial charge in [-0.3, -0.25) is 4.79 Å². The SMILES string of the molecule is Cc1ccc(SC(=O)C(O)[C@H](C)OC(=O)OC(C)(C)C)cc1. The first-order valence-electron chi connectivity index (χ1n) is 6.94. The van der Waals surface area contributed by atoms with Crippen LogP contribution in [-0.4, -0.2) is 34.2 Å². The number of carbonyl (C=O) groups is 2. The van der Waals surface area contributed by atoms with Crippen LogP contribution in [0.5, 0.6) is 0 Å². The third kappa shape index (κ3) is 6.49. The van der Waals surface area contributed by atoms with Crippen LogP contribution in [0.2, 0.25) is 0 Å². The fraction of sp³-hybridized carbons (Fsp3) is 0.500. The Morgan fingerprint density at radius 3 is 2.23 bits per heavy atom. The topological polar surface area (TPSA) is 72.8 Å². The summed E-state index contributed by atoms with van der Waals surface area (Å²) in [6.45, 7) is 8.50. The maximum Gasteiger partial charge on any atom is 0.509 e. The number of thioether (sulfide) groups is 1. The number of hydrogen-bond acceptors (Lipinski definition) is 6. The van der Waals surface area contributed by atoms with Crippen molar-refractivity contribution in [2.24, 2.45) is 0 Å². The van der Waals surface area contributed by atoms with E-state index in [1.807, 2.05) is 19.1 Å². The summed E-state index contributed by atoms with van der Waals surface area (Å²) in [5.74, 6) is 0. The Kier molecular flexibility index (Phi) is 6.44. The molecular formula is C16H22O5S. The summed E-state index contributed by atoms with van der Waals surface area (Å²) in [5, 5.41) is 9.46.